The normalized spacial score (nSPS) is 18.1. The van der Waals surface area contributed by atoms with Gasteiger partial charge in [0.05, 0.1) is 0 Å². The Kier molecular flexibility index (Phi) is 3.17. The number of likely N-dealkylation sites (tertiary alicyclic amines) is 1. The number of carbonyl (C=O) groups is 1. The number of carbonyl (C=O) groups excluding carboxylic acids is 1. The van der Waals surface area contributed by atoms with Gasteiger partial charge in [-0.1, -0.05) is 29.8 Å². The van der Waals surface area contributed by atoms with Crippen LogP contribution in [0.15, 0.2) is 24.3 Å². The summed E-state index contributed by atoms with van der Waals surface area (Å²) in [5, 5.41) is 0. The van der Waals surface area contributed by atoms with Crippen molar-refractivity contribution in [2.24, 2.45) is 0 Å². The molecule has 80 valence electrons. The van der Waals surface area contributed by atoms with E-state index in [1.807, 2.05) is 0 Å². The fourth-order valence-electron chi connectivity index (χ4n) is 2.03. The largest absolute Gasteiger partial charge is 0.300 e. The molecule has 2 heteroatoms. The summed E-state index contributed by atoms with van der Waals surface area (Å²) in [5.41, 5.74) is 2.66. The van der Waals surface area contributed by atoms with Gasteiger partial charge in [0.15, 0.2) is 0 Å². The number of Topliss-reactive ketones (excluding diaryl/α,β-unsaturated/α-hetero) is 1. The second-order valence-corrected chi connectivity index (χ2v) is 4.30. The maximum Gasteiger partial charge on any atom is 0.135 e. The molecule has 0 radical (unpaired) electrons. The molecule has 0 spiro atoms. The first kappa shape index (κ1) is 10.4. The minimum atomic E-state index is 0.412. The molecule has 0 N–H and O–H groups in total. The van der Waals surface area contributed by atoms with E-state index in [0.29, 0.717) is 5.78 Å². The van der Waals surface area contributed by atoms with Gasteiger partial charge < -0.3 is 0 Å². The Balaban J connectivity index is 1.94. The van der Waals surface area contributed by atoms with Crippen LogP contribution in [0.25, 0.3) is 0 Å². The van der Waals surface area contributed by atoms with E-state index >= 15 is 0 Å². The number of ketones is 1. The molecule has 1 aromatic carbocycles. The molecule has 0 unspecified atom stereocenters. The average Bonchev–Trinajstić information content (AvgIpc) is 2.22. The molecule has 1 heterocycles. The standard InChI is InChI=1S/C13H17NO/c1-11-3-2-4-12(9-11)10-14-7-5-13(15)6-8-14/h2-4,9H,5-8,10H2,1H3. The number of hydrogen-bond donors (Lipinski definition) is 0. The van der Waals surface area contributed by atoms with E-state index in [-0.39, 0.29) is 0 Å². The van der Waals surface area contributed by atoms with E-state index in [4.69, 9.17) is 0 Å². The Morgan fingerprint density at radius 2 is 2.00 bits per heavy atom. The Hall–Kier alpha value is -1.15. The van der Waals surface area contributed by atoms with E-state index in [9.17, 15) is 4.79 Å². The third-order valence-corrected chi connectivity index (χ3v) is 2.90. The third kappa shape index (κ3) is 2.90. The molecule has 15 heavy (non-hydrogen) atoms. The highest BCUT2D eigenvalue weighted by Gasteiger charge is 2.15. The summed E-state index contributed by atoms with van der Waals surface area (Å²) < 4.78 is 0. The van der Waals surface area contributed by atoms with E-state index in [1.54, 1.807) is 0 Å². The van der Waals surface area contributed by atoms with Crippen LogP contribution in [0.3, 0.4) is 0 Å². The summed E-state index contributed by atoms with van der Waals surface area (Å²) in [5.74, 6) is 0.412. The molecule has 0 saturated carbocycles. The highest BCUT2D eigenvalue weighted by molar-refractivity contribution is 5.79. The van der Waals surface area contributed by atoms with Crippen molar-refractivity contribution in [3.63, 3.8) is 0 Å². The van der Waals surface area contributed by atoms with Gasteiger partial charge in [0.1, 0.15) is 5.78 Å². The smallest absolute Gasteiger partial charge is 0.135 e. The first-order valence-electron chi connectivity index (χ1n) is 5.53. The lowest BCUT2D eigenvalue weighted by molar-refractivity contribution is -0.121. The van der Waals surface area contributed by atoms with Crippen LogP contribution in [-0.2, 0) is 11.3 Å². The van der Waals surface area contributed by atoms with Gasteiger partial charge in [-0.25, -0.2) is 0 Å². The average molecular weight is 203 g/mol. The highest BCUT2D eigenvalue weighted by Crippen LogP contribution is 2.12. The molecule has 2 rings (SSSR count). The van der Waals surface area contributed by atoms with Crippen LogP contribution in [-0.4, -0.2) is 23.8 Å². The van der Waals surface area contributed by atoms with Gasteiger partial charge in [-0.3, -0.25) is 9.69 Å². The molecule has 0 aliphatic carbocycles. The van der Waals surface area contributed by atoms with Crippen molar-refractivity contribution in [1.82, 2.24) is 4.90 Å². The molecule has 2 nitrogen and oxygen atoms in total. The second-order valence-electron chi connectivity index (χ2n) is 4.30. The third-order valence-electron chi connectivity index (χ3n) is 2.90. The molecule has 0 amide bonds. The number of aryl methyl sites for hydroxylation is 1. The van der Waals surface area contributed by atoms with Crippen molar-refractivity contribution in [2.45, 2.75) is 26.3 Å². The molecule has 1 fully saturated rings. The summed E-state index contributed by atoms with van der Waals surface area (Å²) in [6.07, 6.45) is 1.46. The van der Waals surface area contributed by atoms with Crippen molar-refractivity contribution in [3.8, 4) is 0 Å². The topological polar surface area (TPSA) is 20.3 Å². The predicted molar refractivity (Wildman–Crippen MR) is 60.7 cm³/mol. The summed E-state index contributed by atoms with van der Waals surface area (Å²) in [4.78, 5) is 13.4. The van der Waals surface area contributed by atoms with Crippen molar-refractivity contribution in [2.75, 3.05) is 13.1 Å². The monoisotopic (exact) mass is 203 g/mol. The van der Waals surface area contributed by atoms with Crippen molar-refractivity contribution in [3.05, 3.63) is 35.4 Å². The fourth-order valence-corrected chi connectivity index (χ4v) is 2.03. The Morgan fingerprint density at radius 3 is 2.67 bits per heavy atom. The maximum atomic E-state index is 11.1. The Morgan fingerprint density at radius 1 is 1.27 bits per heavy atom. The zero-order chi connectivity index (χ0) is 10.7. The lowest BCUT2D eigenvalue weighted by Gasteiger charge is -2.25. The molecule has 0 bridgehead atoms. The summed E-state index contributed by atoms with van der Waals surface area (Å²) in [6, 6.07) is 8.59. The minimum absolute atomic E-state index is 0.412. The van der Waals surface area contributed by atoms with Crippen molar-refractivity contribution >= 4 is 5.78 Å². The van der Waals surface area contributed by atoms with Gasteiger partial charge >= 0.3 is 0 Å². The van der Waals surface area contributed by atoms with E-state index < -0.39 is 0 Å². The molecule has 0 aromatic heterocycles. The quantitative estimate of drug-likeness (QED) is 0.734. The molecule has 1 aromatic rings. The molecule has 1 saturated heterocycles. The lowest BCUT2D eigenvalue weighted by atomic mass is 10.1. The molecule has 1 aliphatic heterocycles. The van der Waals surface area contributed by atoms with Gasteiger partial charge in [0, 0.05) is 32.5 Å². The van der Waals surface area contributed by atoms with Crippen LogP contribution in [0.5, 0.6) is 0 Å². The maximum absolute atomic E-state index is 11.1. The number of piperidine rings is 1. The van der Waals surface area contributed by atoms with E-state index in [1.165, 1.54) is 11.1 Å². The van der Waals surface area contributed by atoms with E-state index in [2.05, 4.69) is 36.1 Å². The highest BCUT2D eigenvalue weighted by atomic mass is 16.1. The molecular weight excluding hydrogens is 186 g/mol. The van der Waals surface area contributed by atoms with Crippen molar-refractivity contribution < 1.29 is 4.79 Å². The van der Waals surface area contributed by atoms with Crippen molar-refractivity contribution in [1.29, 1.82) is 0 Å². The number of hydrogen-bond acceptors (Lipinski definition) is 2. The number of benzene rings is 1. The van der Waals surface area contributed by atoms with Gasteiger partial charge in [-0.2, -0.15) is 0 Å². The predicted octanol–water partition coefficient (Wildman–Crippen LogP) is 2.16. The first-order chi connectivity index (χ1) is 7.24. The van der Waals surface area contributed by atoms with Crippen LogP contribution < -0.4 is 0 Å². The van der Waals surface area contributed by atoms with Crippen LogP contribution >= 0.6 is 0 Å². The minimum Gasteiger partial charge on any atom is -0.300 e. The van der Waals surface area contributed by atoms with Crippen LogP contribution in [0.4, 0.5) is 0 Å². The van der Waals surface area contributed by atoms with Gasteiger partial charge in [-0.05, 0) is 12.5 Å². The van der Waals surface area contributed by atoms with Crippen LogP contribution in [0, 0.1) is 6.92 Å². The number of rotatable bonds is 2. The molecule has 1 aliphatic rings. The van der Waals surface area contributed by atoms with Gasteiger partial charge in [-0.15, -0.1) is 0 Å². The van der Waals surface area contributed by atoms with Gasteiger partial charge in [0.2, 0.25) is 0 Å². The van der Waals surface area contributed by atoms with Crippen LogP contribution in [0.1, 0.15) is 24.0 Å². The Bertz CT molecular complexity index is 349. The SMILES string of the molecule is Cc1cccc(CN2CCC(=O)CC2)c1. The molecular formula is C13H17NO. The summed E-state index contributed by atoms with van der Waals surface area (Å²) in [7, 11) is 0. The Labute approximate surface area is 90.9 Å². The van der Waals surface area contributed by atoms with E-state index in [0.717, 1.165) is 32.5 Å². The zero-order valence-electron chi connectivity index (χ0n) is 9.20. The lowest BCUT2D eigenvalue weighted by Crippen LogP contribution is -2.33. The fraction of sp³-hybridized carbons (Fsp3) is 0.462. The number of nitrogens with zero attached hydrogens (tertiary/aromatic N) is 1. The summed E-state index contributed by atoms with van der Waals surface area (Å²) >= 11 is 0. The summed E-state index contributed by atoms with van der Waals surface area (Å²) in [6.45, 7) is 4.94. The molecule has 0 atom stereocenters. The second kappa shape index (κ2) is 4.58. The van der Waals surface area contributed by atoms with Crippen LogP contribution in [0.2, 0.25) is 0 Å². The zero-order valence-corrected chi connectivity index (χ0v) is 9.20. The van der Waals surface area contributed by atoms with Gasteiger partial charge in [0.25, 0.3) is 0 Å². The first-order valence-corrected chi connectivity index (χ1v) is 5.53.